The van der Waals surface area contributed by atoms with E-state index in [-0.39, 0.29) is 27.8 Å². The number of carbonyl (C=O) groups excluding carboxylic acids is 1. The monoisotopic (exact) mass is 465 g/mol. The maximum absolute atomic E-state index is 14.8. The molecular formula is C22H22F3N3O5. The third-order valence-corrected chi connectivity index (χ3v) is 6.36. The third kappa shape index (κ3) is 3.86. The number of carboxylic acid groups (broad SMARTS) is 1. The average Bonchev–Trinajstić information content (AvgIpc) is 3.40. The van der Waals surface area contributed by atoms with Gasteiger partial charge in [0.15, 0.2) is 0 Å². The van der Waals surface area contributed by atoms with E-state index in [0.717, 1.165) is 37.8 Å². The number of hydrogen-bond acceptors (Lipinski definition) is 6. The molecule has 0 unspecified atom stereocenters. The number of aromatic nitrogens is 1. The van der Waals surface area contributed by atoms with Gasteiger partial charge in [-0.25, -0.2) is 19.1 Å². The van der Waals surface area contributed by atoms with Crippen LogP contribution in [0.3, 0.4) is 0 Å². The van der Waals surface area contributed by atoms with E-state index >= 15 is 0 Å². The zero-order valence-corrected chi connectivity index (χ0v) is 17.7. The number of aromatic carboxylic acids is 1. The number of hydrogen-bond donors (Lipinski definition) is 2. The van der Waals surface area contributed by atoms with Gasteiger partial charge in [0, 0.05) is 29.3 Å². The summed E-state index contributed by atoms with van der Waals surface area (Å²) in [5.41, 5.74) is -1.91. The van der Waals surface area contributed by atoms with Crippen LogP contribution in [0.25, 0.3) is 11.3 Å². The molecule has 0 saturated carbocycles. The lowest BCUT2D eigenvalue weighted by molar-refractivity contribution is -0.226. The molecule has 2 atom stereocenters. The highest BCUT2D eigenvalue weighted by atomic mass is 19.3. The van der Waals surface area contributed by atoms with Crippen LogP contribution >= 0.6 is 0 Å². The molecule has 1 aromatic carbocycles. The second kappa shape index (κ2) is 8.54. The fourth-order valence-electron chi connectivity index (χ4n) is 4.70. The highest BCUT2D eigenvalue weighted by molar-refractivity contribution is 5.89. The third-order valence-electron chi connectivity index (χ3n) is 6.36. The van der Waals surface area contributed by atoms with Crippen LogP contribution in [0.2, 0.25) is 0 Å². The Labute approximate surface area is 186 Å². The smallest absolute Gasteiger partial charge is 0.440 e. The van der Waals surface area contributed by atoms with Gasteiger partial charge in [0.2, 0.25) is 0 Å². The molecule has 0 radical (unpaired) electrons. The Hall–Kier alpha value is -3.34. The molecule has 0 amide bonds. The number of benzene rings is 1. The molecule has 1 aromatic heterocycles. The zero-order chi connectivity index (χ0) is 23.9. The van der Waals surface area contributed by atoms with E-state index in [1.165, 1.54) is 12.1 Å². The summed E-state index contributed by atoms with van der Waals surface area (Å²) in [5, 5.41) is 12.7. The minimum absolute atomic E-state index is 0.0690. The van der Waals surface area contributed by atoms with E-state index in [1.54, 1.807) is 19.1 Å². The van der Waals surface area contributed by atoms with Crippen LogP contribution in [-0.2, 0) is 22.2 Å². The quantitative estimate of drug-likeness (QED) is 0.676. The first kappa shape index (κ1) is 22.8. The Morgan fingerprint density at radius 2 is 1.94 bits per heavy atom. The van der Waals surface area contributed by atoms with Gasteiger partial charge in [-0.2, -0.15) is 8.78 Å². The molecule has 2 N–H and O–H groups in total. The molecule has 8 nitrogen and oxygen atoms in total. The van der Waals surface area contributed by atoms with Crippen LogP contribution in [0.5, 0.6) is 0 Å². The minimum Gasteiger partial charge on any atom is -0.477 e. The number of rotatable bonds is 6. The predicted octanol–water partition coefficient (Wildman–Crippen LogP) is 2.55. The SMILES string of the molecule is CCc1cc(C(=O)O)c(=O)n(C(F)(F)C(=O)OF)c1-c1ccc(N2C[C@H]3CCN[C@H]3C2)cc1. The first-order valence-electron chi connectivity index (χ1n) is 10.5. The Morgan fingerprint density at radius 1 is 1.24 bits per heavy atom. The maximum Gasteiger partial charge on any atom is 0.440 e. The maximum atomic E-state index is 14.8. The molecule has 2 aliphatic rings. The number of aryl methyl sites for hydroxylation is 1. The molecule has 176 valence electrons. The molecule has 0 spiro atoms. The van der Waals surface area contributed by atoms with Crippen molar-refractivity contribution in [1.29, 1.82) is 0 Å². The normalized spacial score (nSPS) is 20.1. The van der Waals surface area contributed by atoms with E-state index in [0.29, 0.717) is 12.0 Å². The number of carboxylic acids is 1. The van der Waals surface area contributed by atoms with Crippen molar-refractivity contribution in [3.05, 3.63) is 51.8 Å². The topological polar surface area (TPSA) is 101 Å². The van der Waals surface area contributed by atoms with E-state index in [1.807, 2.05) is 0 Å². The second-order valence-corrected chi connectivity index (χ2v) is 8.20. The lowest BCUT2D eigenvalue weighted by Crippen LogP contribution is -2.44. The van der Waals surface area contributed by atoms with Crippen LogP contribution in [0, 0.1) is 5.92 Å². The van der Waals surface area contributed by atoms with Crippen LogP contribution < -0.4 is 15.8 Å². The number of alkyl halides is 2. The average molecular weight is 465 g/mol. The van der Waals surface area contributed by atoms with Gasteiger partial charge in [0.1, 0.15) is 5.56 Å². The van der Waals surface area contributed by atoms with Crippen molar-refractivity contribution in [2.45, 2.75) is 31.9 Å². The van der Waals surface area contributed by atoms with Gasteiger partial charge in [-0.1, -0.05) is 19.1 Å². The number of halogens is 3. The van der Waals surface area contributed by atoms with Crippen LogP contribution in [0.1, 0.15) is 29.3 Å². The Bertz CT molecular complexity index is 1140. The molecule has 2 aliphatic heterocycles. The van der Waals surface area contributed by atoms with Gasteiger partial charge in [-0.3, -0.25) is 4.79 Å². The summed E-state index contributed by atoms with van der Waals surface area (Å²) in [7, 11) is 0. The number of carbonyl (C=O) groups is 2. The molecule has 0 bridgehead atoms. The molecule has 0 aliphatic carbocycles. The minimum atomic E-state index is -4.77. The van der Waals surface area contributed by atoms with Crippen molar-refractivity contribution >= 4 is 17.6 Å². The number of anilines is 1. The molecule has 3 heterocycles. The lowest BCUT2D eigenvalue weighted by atomic mass is 10.00. The summed E-state index contributed by atoms with van der Waals surface area (Å²) in [4.78, 5) is 40.5. The number of nitrogens with zero attached hydrogens (tertiary/aromatic N) is 2. The lowest BCUT2D eigenvalue weighted by Gasteiger charge is -2.24. The Kier molecular flexibility index (Phi) is 5.91. The van der Waals surface area contributed by atoms with Crippen LogP contribution in [0.4, 0.5) is 19.0 Å². The molecular weight excluding hydrogens is 443 g/mol. The summed E-state index contributed by atoms with van der Waals surface area (Å²) < 4.78 is 41.8. The summed E-state index contributed by atoms with van der Waals surface area (Å²) >= 11 is 0. The standard InChI is InChI=1S/C22H22F3N3O5/c1-2-12-9-16(20(30)31)19(29)28(22(23,24)21(32)33-25)18(12)13-3-5-15(6-4-13)27-10-14-7-8-26-17(14)11-27/h3-6,9,14,17,26H,2,7-8,10-11H2,1H3,(H,30,31)/t14-,17+/m1/s1. The Morgan fingerprint density at radius 3 is 2.52 bits per heavy atom. The first-order valence-corrected chi connectivity index (χ1v) is 10.5. The summed E-state index contributed by atoms with van der Waals surface area (Å²) in [6, 6.07) is 3.07. The first-order chi connectivity index (χ1) is 15.7. The van der Waals surface area contributed by atoms with Gasteiger partial charge < -0.3 is 15.3 Å². The van der Waals surface area contributed by atoms with Crippen molar-refractivity contribution in [3.8, 4) is 11.3 Å². The number of nitrogens with one attached hydrogen (secondary N) is 1. The van der Waals surface area contributed by atoms with Crippen molar-refractivity contribution in [1.82, 2.24) is 9.88 Å². The summed E-state index contributed by atoms with van der Waals surface area (Å²) in [5.74, 6) is -3.83. The molecule has 33 heavy (non-hydrogen) atoms. The zero-order valence-electron chi connectivity index (χ0n) is 17.7. The van der Waals surface area contributed by atoms with E-state index in [4.69, 9.17) is 0 Å². The van der Waals surface area contributed by atoms with Crippen molar-refractivity contribution in [2.75, 3.05) is 24.5 Å². The van der Waals surface area contributed by atoms with Crippen molar-refractivity contribution in [2.24, 2.45) is 5.92 Å². The molecule has 11 heteroatoms. The van der Waals surface area contributed by atoms with E-state index in [2.05, 4.69) is 15.2 Å². The summed E-state index contributed by atoms with van der Waals surface area (Å²) in [6.07, 6.45) is 1.15. The highest BCUT2D eigenvalue weighted by Gasteiger charge is 2.48. The molecule has 4 rings (SSSR count). The van der Waals surface area contributed by atoms with E-state index < -0.39 is 29.1 Å². The van der Waals surface area contributed by atoms with Crippen molar-refractivity contribution in [3.63, 3.8) is 0 Å². The predicted molar refractivity (Wildman–Crippen MR) is 112 cm³/mol. The van der Waals surface area contributed by atoms with Crippen LogP contribution in [-0.4, -0.2) is 47.3 Å². The fraction of sp³-hybridized carbons (Fsp3) is 0.409. The number of fused-ring (bicyclic) bond motifs is 1. The van der Waals surface area contributed by atoms with E-state index in [9.17, 15) is 32.8 Å². The highest BCUT2D eigenvalue weighted by Crippen LogP contribution is 2.34. The number of pyridine rings is 1. The molecule has 2 fully saturated rings. The van der Waals surface area contributed by atoms with Gasteiger partial charge in [-0.05, 0) is 54.6 Å². The Balaban J connectivity index is 1.82. The molecule has 2 saturated heterocycles. The molecule has 2 aromatic rings. The van der Waals surface area contributed by atoms with Gasteiger partial charge >= 0.3 is 18.0 Å². The van der Waals surface area contributed by atoms with Gasteiger partial charge in [0.25, 0.3) is 5.56 Å². The van der Waals surface area contributed by atoms with Crippen LogP contribution in [0.15, 0.2) is 35.1 Å². The largest absolute Gasteiger partial charge is 0.477 e. The fourth-order valence-corrected chi connectivity index (χ4v) is 4.70. The second-order valence-electron chi connectivity index (χ2n) is 8.20. The van der Waals surface area contributed by atoms with Gasteiger partial charge in [0.05, 0.1) is 5.69 Å². The van der Waals surface area contributed by atoms with Gasteiger partial charge in [-0.15, -0.1) is 0 Å². The van der Waals surface area contributed by atoms with Crippen molar-refractivity contribution < 1.29 is 32.9 Å². The summed E-state index contributed by atoms with van der Waals surface area (Å²) in [6.45, 7) is 4.23.